The van der Waals surface area contributed by atoms with E-state index >= 15 is 0 Å². The van der Waals surface area contributed by atoms with Crippen LogP contribution in [0, 0.1) is 11.6 Å². The number of hydrogen-bond donors (Lipinski definition) is 0. The van der Waals surface area contributed by atoms with E-state index in [-0.39, 0.29) is 11.6 Å². The van der Waals surface area contributed by atoms with Crippen LogP contribution < -0.4 is 0 Å². The van der Waals surface area contributed by atoms with Gasteiger partial charge >= 0.3 is 0 Å². The van der Waals surface area contributed by atoms with Crippen molar-refractivity contribution in [1.82, 2.24) is 0 Å². The van der Waals surface area contributed by atoms with Gasteiger partial charge in [0.15, 0.2) is 0 Å². The van der Waals surface area contributed by atoms with Crippen LogP contribution in [0.15, 0.2) is 60.7 Å². The largest absolute Gasteiger partial charge is 0.207 e. The van der Waals surface area contributed by atoms with Gasteiger partial charge in [0.2, 0.25) is 0 Å². The lowest BCUT2D eigenvalue weighted by atomic mass is 9.98. The molecule has 0 radical (unpaired) electrons. The van der Waals surface area contributed by atoms with E-state index in [1.165, 1.54) is 0 Å². The molecule has 2 heteroatoms. The Morgan fingerprint density at radius 1 is 0.625 bits per heavy atom. The molecule has 0 bridgehead atoms. The Labute approximate surface area is 141 Å². The van der Waals surface area contributed by atoms with Crippen LogP contribution in [-0.4, -0.2) is 0 Å². The summed E-state index contributed by atoms with van der Waals surface area (Å²) in [4.78, 5) is 0. The van der Waals surface area contributed by atoms with Gasteiger partial charge in [0.25, 0.3) is 0 Å². The van der Waals surface area contributed by atoms with Gasteiger partial charge in [-0.15, -0.1) is 0 Å². The van der Waals surface area contributed by atoms with Crippen molar-refractivity contribution in [2.24, 2.45) is 0 Å². The maximum atomic E-state index is 14.2. The molecule has 0 fully saturated rings. The molecule has 0 heterocycles. The fraction of sp³-hybridized carbons (Fsp3) is 0.182. The molecule has 3 aromatic carbocycles. The summed E-state index contributed by atoms with van der Waals surface area (Å²) < 4.78 is 28.2. The third kappa shape index (κ3) is 3.23. The average Bonchev–Trinajstić information content (AvgIpc) is 2.61. The van der Waals surface area contributed by atoms with E-state index in [4.69, 9.17) is 0 Å². The highest BCUT2D eigenvalue weighted by molar-refractivity contribution is 5.71. The molecule has 0 aliphatic carbocycles. The molecule has 0 aliphatic heterocycles. The second-order valence-corrected chi connectivity index (χ2v) is 5.90. The summed E-state index contributed by atoms with van der Waals surface area (Å²) in [5.41, 5.74) is 4.87. The van der Waals surface area contributed by atoms with Gasteiger partial charge in [0.05, 0.1) is 0 Å². The summed E-state index contributed by atoms with van der Waals surface area (Å²) in [6, 6.07) is 18.2. The molecule has 24 heavy (non-hydrogen) atoms. The van der Waals surface area contributed by atoms with Crippen LogP contribution in [-0.2, 0) is 12.8 Å². The maximum Gasteiger partial charge on any atom is 0.131 e. The first kappa shape index (κ1) is 16.4. The van der Waals surface area contributed by atoms with Crippen LogP contribution in [0.4, 0.5) is 8.78 Å². The van der Waals surface area contributed by atoms with Crippen molar-refractivity contribution in [3.63, 3.8) is 0 Å². The monoisotopic (exact) mass is 322 g/mol. The van der Waals surface area contributed by atoms with Gasteiger partial charge in [-0.1, -0.05) is 62.4 Å². The Balaban J connectivity index is 1.92. The third-order valence-electron chi connectivity index (χ3n) is 4.40. The standard InChI is InChI=1S/C22H20F2/c1-3-15-5-12-20(22(24)13-15)18-9-7-17(8-10-18)19-11-6-16(4-2)21(23)14-19/h5-14H,3-4H2,1-2H3. The van der Waals surface area contributed by atoms with Gasteiger partial charge in [-0.25, -0.2) is 8.78 Å². The first-order chi connectivity index (χ1) is 11.6. The van der Waals surface area contributed by atoms with Crippen molar-refractivity contribution in [3.05, 3.63) is 83.4 Å². The lowest BCUT2D eigenvalue weighted by Crippen LogP contribution is -1.90. The highest BCUT2D eigenvalue weighted by atomic mass is 19.1. The molecule has 0 unspecified atom stereocenters. The van der Waals surface area contributed by atoms with E-state index < -0.39 is 0 Å². The smallest absolute Gasteiger partial charge is 0.131 e. The number of halogens is 2. The van der Waals surface area contributed by atoms with E-state index in [1.54, 1.807) is 12.1 Å². The highest BCUT2D eigenvalue weighted by Crippen LogP contribution is 2.28. The molecule has 0 nitrogen and oxygen atoms in total. The maximum absolute atomic E-state index is 14.2. The number of aryl methyl sites for hydroxylation is 2. The zero-order valence-electron chi connectivity index (χ0n) is 13.9. The fourth-order valence-electron chi connectivity index (χ4n) is 2.87. The first-order valence-electron chi connectivity index (χ1n) is 8.30. The van der Waals surface area contributed by atoms with Crippen molar-refractivity contribution in [2.45, 2.75) is 26.7 Å². The van der Waals surface area contributed by atoms with Crippen LogP contribution in [0.3, 0.4) is 0 Å². The van der Waals surface area contributed by atoms with E-state index in [9.17, 15) is 8.78 Å². The highest BCUT2D eigenvalue weighted by Gasteiger charge is 2.08. The van der Waals surface area contributed by atoms with E-state index in [2.05, 4.69) is 0 Å². The Kier molecular flexibility index (Phi) is 4.75. The van der Waals surface area contributed by atoms with E-state index in [0.29, 0.717) is 17.5 Å². The lowest BCUT2D eigenvalue weighted by Gasteiger charge is -2.08. The quantitative estimate of drug-likeness (QED) is 0.519. The Bertz CT molecular complexity index is 848. The molecule has 122 valence electrons. The van der Waals surface area contributed by atoms with Crippen molar-refractivity contribution >= 4 is 0 Å². The van der Waals surface area contributed by atoms with Crippen LogP contribution >= 0.6 is 0 Å². The predicted molar refractivity (Wildman–Crippen MR) is 96.0 cm³/mol. The van der Waals surface area contributed by atoms with Crippen molar-refractivity contribution in [1.29, 1.82) is 0 Å². The SMILES string of the molecule is CCc1ccc(-c2ccc(-c3ccc(CC)c(F)c3)cc2)c(F)c1. The van der Waals surface area contributed by atoms with Crippen LogP contribution in [0.25, 0.3) is 22.3 Å². The summed E-state index contributed by atoms with van der Waals surface area (Å²) >= 11 is 0. The molecule has 0 aromatic heterocycles. The lowest BCUT2D eigenvalue weighted by molar-refractivity contribution is 0.613. The van der Waals surface area contributed by atoms with Gasteiger partial charge in [-0.05, 0) is 52.8 Å². The summed E-state index contributed by atoms with van der Waals surface area (Å²) in [5.74, 6) is -0.388. The zero-order chi connectivity index (χ0) is 17.1. The molecule has 3 rings (SSSR count). The van der Waals surface area contributed by atoms with Gasteiger partial charge in [0.1, 0.15) is 11.6 Å². The van der Waals surface area contributed by atoms with Crippen molar-refractivity contribution in [3.8, 4) is 22.3 Å². The van der Waals surface area contributed by atoms with Gasteiger partial charge in [-0.3, -0.25) is 0 Å². The topological polar surface area (TPSA) is 0 Å². The molecule has 0 amide bonds. The molecule has 3 aromatic rings. The van der Waals surface area contributed by atoms with Gasteiger partial charge < -0.3 is 0 Å². The van der Waals surface area contributed by atoms with Crippen LogP contribution in [0.1, 0.15) is 25.0 Å². The molecular formula is C22H20F2. The predicted octanol–water partition coefficient (Wildman–Crippen LogP) is 6.42. The molecule has 0 spiro atoms. The van der Waals surface area contributed by atoms with Crippen LogP contribution in [0.5, 0.6) is 0 Å². The summed E-state index contributed by atoms with van der Waals surface area (Å²) in [6.45, 7) is 3.94. The average molecular weight is 322 g/mol. The fourth-order valence-corrected chi connectivity index (χ4v) is 2.87. The van der Waals surface area contributed by atoms with Crippen LogP contribution in [0.2, 0.25) is 0 Å². The molecule has 0 saturated carbocycles. The Morgan fingerprint density at radius 3 is 1.88 bits per heavy atom. The summed E-state index contributed by atoms with van der Waals surface area (Å²) in [5, 5.41) is 0. The zero-order valence-corrected chi connectivity index (χ0v) is 13.9. The van der Waals surface area contributed by atoms with E-state index in [0.717, 1.165) is 28.7 Å². The summed E-state index contributed by atoms with van der Waals surface area (Å²) in [6.07, 6.45) is 1.49. The Morgan fingerprint density at radius 2 is 1.29 bits per heavy atom. The summed E-state index contributed by atoms with van der Waals surface area (Å²) in [7, 11) is 0. The normalized spacial score (nSPS) is 10.8. The number of rotatable bonds is 4. The third-order valence-corrected chi connectivity index (χ3v) is 4.40. The minimum absolute atomic E-state index is 0.180. The van der Waals surface area contributed by atoms with Crippen molar-refractivity contribution in [2.75, 3.05) is 0 Å². The van der Waals surface area contributed by atoms with Crippen molar-refractivity contribution < 1.29 is 8.78 Å². The minimum Gasteiger partial charge on any atom is -0.207 e. The number of hydrogen-bond acceptors (Lipinski definition) is 0. The molecule has 0 N–H and O–H groups in total. The molecular weight excluding hydrogens is 302 g/mol. The second-order valence-electron chi connectivity index (χ2n) is 5.90. The molecule has 0 saturated heterocycles. The van der Waals surface area contributed by atoms with Gasteiger partial charge in [0, 0.05) is 5.56 Å². The molecule has 0 aliphatic rings. The Hall–Kier alpha value is -2.48. The van der Waals surface area contributed by atoms with Gasteiger partial charge in [-0.2, -0.15) is 0 Å². The minimum atomic E-state index is -0.208. The first-order valence-corrected chi connectivity index (χ1v) is 8.30. The molecule has 0 atom stereocenters. The van der Waals surface area contributed by atoms with E-state index in [1.807, 2.05) is 62.4 Å². The second kappa shape index (κ2) is 6.96. The number of benzene rings is 3.